The van der Waals surface area contributed by atoms with E-state index in [0.29, 0.717) is 28.6 Å². The summed E-state index contributed by atoms with van der Waals surface area (Å²) >= 11 is 5.99. The first-order valence-corrected chi connectivity index (χ1v) is 9.25. The molecule has 0 heterocycles. The van der Waals surface area contributed by atoms with Crippen LogP contribution in [0.3, 0.4) is 0 Å². The Balaban J connectivity index is 1.76. The van der Waals surface area contributed by atoms with Crippen LogP contribution in [0, 0.1) is 0 Å². The van der Waals surface area contributed by atoms with Gasteiger partial charge in [-0.25, -0.2) is 5.43 Å². The summed E-state index contributed by atoms with van der Waals surface area (Å²) in [6.45, 7) is 0.343. The number of carbonyl (C=O) groups is 3. The molecule has 0 aliphatic carbocycles. The van der Waals surface area contributed by atoms with Crippen LogP contribution in [0.15, 0.2) is 53.6 Å². The van der Waals surface area contributed by atoms with Crippen molar-refractivity contribution in [2.24, 2.45) is 5.10 Å². The number of para-hydroxylation sites is 1. The van der Waals surface area contributed by atoms with E-state index in [0.717, 1.165) is 0 Å². The van der Waals surface area contributed by atoms with Crippen molar-refractivity contribution in [3.63, 3.8) is 0 Å². The van der Waals surface area contributed by atoms with Gasteiger partial charge in [0.25, 0.3) is 5.91 Å². The summed E-state index contributed by atoms with van der Waals surface area (Å²) in [4.78, 5) is 34.9. The number of hydrogen-bond donors (Lipinski definition) is 3. The SMILES string of the molecule is COCCNC(=O)C(=O)N/N=C\c1ccc(OCC(=O)Nc2ccccc2Cl)cc1. The first-order chi connectivity index (χ1) is 14.5. The highest BCUT2D eigenvalue weighted by Gasteiger charge is 2.11. The topological polar surface area (TPSA) is 118 Å². The molecule has 0 unspecified atom stereocenters. The molecule has 3 amide bonds. The van der Waals surface area contributed by atoms with Crippen LogP contribution in [0.25, 0.3) is 0 Å². The van der Waals surface area contributed by atoms with E-state index < -0.39 is 11.8 Å². The molecule has 3 N–H and O–H groups in total. The summed E-state index contributed by atoms with van der Waals surface area (Å²) in [6.07, 6.45) is 1.37. The molecular weight excluding hydrogens is 412 g/mol. The highest BCUT2D eigenvalue weighted by Crippen LogP contribution is 2.20. The van der Waals surface area contributed by atoms with Crippen molar-refractivity contribution >= 4 is 41.2 Å². The Morgan fingerprint density at radius 1 is 1.07 bits per heavy atom. The molecule has 0 aromatic heterocycles. The summed E-state index contributed by atoms with van der Waals surface area (Å²) in [6, 6.07) is 13.5. The normalized spacial score (nSPS) is 10.5. The number of anilines is 1. The van der Waals surface area contributed by atoms with Gasteiger partial charge in [-0.05, 0) is 42.0 Å². The monoisotopic (exact) mass is 432 g/mol. The quantitative estimate of drug-likeness (QED) is 0.240. The molecule has 0 saturated heterocycles. The lowest BCUT2D eigenvalue weighted by Crippen LogP contribution is -2.39. The second-order valence-corrected chi connectivity index (χ2v) is 6.24. The Labute approximate surface area is 178 Å². The van der Waals surface area contributed by atoms with E-state index in [1.54, 1.807) is 48.5 Å². The molecule has 9 nitrogen and oxygen atoms in total. The van der Waals surface area contributed by atoms with Crippen molar-refractivity contribution in [2.75, 3.05) is 32.2 Å². The fourth-order valence-corrected chi connectivity index (χ4v) is 2.29. The molecule has 30 heavy (non-hydrogen) atoms. The van der Waals surface area contributed by atoms with E-state index in [1.807, 2.05) is 0 Å². The second-order valence-electron chi connectivity index (χ2n) is 5.83. The first kappa shape index (κ1) is 22.9. The van der Waals surface area contributed by atoms with E-state index in [1.165, 1.54) is 13.3 Å². The Hall–Kier alpha value is -3.43. The van der Waals surface area contributed by atoms with Gasteiger partial charge in [-0.1, -0.05) is 23.7 Å². The van der Waals surface area contributed by atoms with Crippen molar-refractivity contribution in [1.82, 2.24) is 10.7 Å². The van der Waals surface area contributed by atoms with Crippen molar-refractivity contribution in [3.05, 3.63) is 59.1 Å². The number of carbonyl (C=O) groups excluding carboxylic acids is 3. The van der Waals surface area contributed by atoms with Gasteiger partial charge in [0.15, 0.2) is 6.61 Å². The number of hydrogen-bond acceptors (Lipinski definition) is 6. The summed E-state index contributed by atoms with van der Waals surface area (Å²) in [5.41, 5.74) is 3.29. The van der Waals surface area contributed by atoms with Crippen molar-refractivity contribution in [2.45, 2.75) is 0 Å². The standard InChI is InChI=1S/C20H21ClN4O5/c1-29-11-10-22-19(27)20(28)25-23-12-14-6-8-15(9-7-14)30-13-18(26)24-17-5-3-2-4-16(17)21/h2-9,12H,10-11,13H2,1H3,(H,22,27)(H,24,26)(H,25,28)/b23-12-. The summed E-state index contributed by atoms with van der Waals surface area (Å²) in [7, 11) is 1.49. The maximum absolute atomic E-state index is 12.0. The van der Waals surface area contributed by atoms with E-state index in [2.05, 4.69) is 21.2 Å². The Morgan fingerprint density at radius 3 is 2.50 bits per heavy atom. The van der Waals surface area contributed by atoms with Gasteiger partial charge in [0.2, 0.25) is 0 Å². The van der Waals surface area contributed by atoms with Crippen LogP contribution in [0.5, 0.6) is 5.75 Å². The zero-order valence-electron chi connectivity index (χ0n) is 16.2. The Morgan fingerprint density at radius 2 is 1.80 bits per heavy atom. The Kier molecular flexibility index (Phi) is 9.29. The molecule has 10 heteroatoms. The number of hydrazone groups is 1. The average Bonchev–Trinajstić information content (AvgIpc) is 2.75. The number of rotatable bonds is 9. The molecule has 2 aromatic carbocycles. The van der Waals surface area contributed by atoms with Crippen LogP contribution >= 0.6 is 11.6 Å². The summed E-state index contributed by atoms with van der Waals surface area (Å²) < 4.78 is 10.2. The predicted molar refractivity (Wildman–Crippen MR) is 113 cm³/mol. The van der Waals surface area contributed by atoms with Gasteiger partial charge < -0.3 is 20.1 Å². The molecule has 0 bridgehead atoms. The van der Waals surface area contributed by atoms with Crippen LogP contribution in [0.2, 0.25) is 5.02 Å². The predicted octanol–water partition coefficient (Wildman–Crippen LogP) is 1.57. The van der Waals surface area contributed by atoms with Crippen molar-refractivity contribution in [1.29, 1.82) is 0 Å². The van der Waals surface area contributed by atoms with Gasteiger partial charge in [-0.2, -0.15) is 5.10 Å². The van der Waals surface area contributed by atoms with Crippen molar-refractivity contribution < 1.29 is 23.9 Å². The number of benzene rings is 2. The van der Waals surface area contributed by atoms with E-state index in [-0.39, 0.29) is 19.1 Å². The van der Waals surface area contributed by atoms with Crippen LogP contribution in [-0.2, 0) is 19.1 Å². The van der Waals surface area contributed by atoms with Crippen LogP contribution in [0.1, 0.15) is 5.56 Å². The molecule has 0 fully saturated rings. The molecule has 2 aromatic rings. The molecule has 0 spiro atoms. The smallest absolute Gasteiger partial charge is 0.329 e. The number of methoxy groups -OCH3 is 1. The highest BCUT2D eigenvalue weighted by molar-refractivity contribution is 6.35. The van der Waals surface area contributed by atoms with Crippen LogP contribution in [0.4, 0.5) is 5.69 Å². The van der Waals surface area contributed by atoms with Gasteiger partial charge in [-0.15, -0.1) is 0 Å². The van der Waals surface area contributed by atoms with E-state index in [4.69, 9.17) is 21.1 Å². The molecule has 158 valence electrons. The van der Waals surface area contributed by atoms with Crippen LogP contribution in [-0.4, -0.2) is 50.8 Å². The highest BCUT2D eigenvalue weighted by atomic mass is 35.5. The number of ether oxygens (including phenoxy) is 2. The number of amides is 3. The minimum atomic E-state index is -0.883. The molecule has 0 aliphatic rings. The minimum Gasteiger partial charge on any atom is -0.484 e. The maximum Gasteiger partial charge on any atom is 0.329 e. The van der Waals surface area contributed by atoms with Gasteiger partial charge in [0, 0.05) is 13.7 Å². The van der Waals surface area contributed by atoms with Gasteiger partial charge in [-0.3, -0.25) is 14.4 Å². The molecule has 0 aliphatic heterocycles. The fraction of sp³-hybridized carbons (Fsp3) is 0.200. The third kappa shape index (κ3) is 7.90. The minimum absolute atomic E-state index is 0.188. The van der Waals surface area contributed by atoms with Crippen molar-refractivity contribution in [3.8, 4) is 5.75 Å². The van der Waals surface area contributed by atoms with Gasteiger partial charge in [0.05, 0.1) is 23.5 Å². The zero-order chi connectivity index (χ0) is 21.8. The van der Waals surface area contributed by atoms with Gasteiger partial charge in [0.1, 0.15) is 5.75 Å². The zero-order valence-corrected chi connectivity index (χ0v) is 16.9. The summed E-state index contributed by atoms with van der Waals surface area (Å²) in [5, 5.41) is 9.19. The molecule has 0 radical (unpaired) electrons. The first-order valence-electron chi connectivity index (χ1n) is 8.87. The molecule has 0 saturated carbocycles. The van der Waals surface area contributed by atoms with E-state index >= 15 is 0 Å². The Bertz CT molecular complexity index is 902. The second kappa shape index (κ2) is 12.2. The molecular formula is C20H21ClN4O5. The lowest BCUT2D eigenvalue weighted by Gasteiger charge is -2.08. The number of nitrogens with zero attached hydrogens (tertiary/aromatic N) is 1. The van der Waals surface area contributed by atoms with Crippen LogP contribution < -0.4 is 20.8 Å². The summed E-state index contributed by atoms with van der Waals surface area (Å²) in [5.74, 6) is -1.56. The van der Waals surface area contributed by atoms with Gasteiger partial charge >= 0.3 is 11.8 Å². The number of halogens is 1. The average molecular weight is 433 g/mol. The lowest BCUT2D eigenvalue weighted by atomic mass is 10.2. The number of nitrogens with one attached hydrogen (secondary N) is 3. The molecule has 0 atom stereocenters. The fourth-order valence-electron chi connectivity index (χ4n) is 2.11. The van der Waals surface area contributed by atoms with E-state index in [9.17, 15) is 14.4 Å². The maximum atomic E-state index is 12.0. The molecule has 2 rings (SSSR count). The third-order valence-electron chi connectivity index (χ3n) is 3.58. The largest absolute Gasteiger partial charge is 0.484 e. The third-order valence-corrected chi connectivity index (χ3v) is 3.91. The lowest BCUT2D eigenvalue weighted by molar-refractivity contribution is -0.139.